The highest BCUT2D eigenvalue weighted by molar-refractivity contribution is 5.88. The van der Waals surface area contributed by atoms with E-state index in [4.69, 9.17) is 4.74 Å². The summed E-state index contributed by atoms with van der Waals surface area (Å²) in [6.07, 6.45) is 8.89. The fourth-order valence-corrected chi connectivity index (χ4v) is 3.68. The van der Waals surface area contributed by atoms with E-state index in [0.717, 1.165) is 12.1 Å². The number of methoxy groups -OCH3 is 1. The van der Waals surface area contributed by atoms with Gasteiger partial charge >= 0.3 is 0 Å². The lowest BCUT2D eigenvalue weighted by Crippen LogP contribution is -2.62. The van der Waals surface area contributed by atoms with Gasteiger partial charge in [0.15, 0.2) is 0 Å². The zero-order chi connectivity index (χ0) is 21.8. The number of pyridine rings is 1. The maximum Gasteiger partial charge on any atom is 0.271 e. The molecule has 2 aromatic rings. The van der Waals surface area contributed by atoms with Crippen LogP contribution in [0.15, 0.2) is 41.6 Å². The molecule has 2 aromatic heterocycles. The van der Waals surface area contributed by atoms with Crippen LogP contribution in [-0.4, -0.2) is 72.1 Å². The first-order valence-corrected chi connectivity index (χ1v) is 10.5. The third-order valence-corrected chi connectivity index (χ3v) is 5.69. The van der Waals surface area contributed by atoms with Crippen molar-refractivity contribution in [2.24, 2.45) is 5.92 Å². The van der Waals surface area contributed by atoms with Crippen molar-refractivity contribution in [1.29, 1.82) is 0 Å². The summed E-state index contributed by atoms with van der Waals surface area (Å²) in [6, 6.07) is 3.74. The number of likely N-dealkylation sites (N-methyl/N-ethyl adjacent to an activating group) is 1. The van der Waals surface area contributed by atoms with Gasteiger partial charge in [0.1, 0.15) is 12.0 Å². The Kier molecular flexibility index (Phi) is 6.31. The lowest BCUT2D eigenvalue weighted by molar-refractivity contribution is -0.130. The van der Waals surface area contributed by atoms with Crippen LogP contribution in [0.4, 0.5) is 5.69 Å². The van der Waals surface area contributed by atoms with Crippen LogP contribution in [0.2, 0.25) is 0 Å². The first-order valence-electron chi connectivity index (χ1n) is 10.5. The molecule has 9 nitrogen and oxygen atoms in total. The monoisotopic (exact) mass is 424 g/mol. The van der Waals surface area contributed by atoms with Crippen molar-refractivity contribution >= 4 is 11.6 Å². The standard InChI is InChI=1S/C22H28N6O3/c1-23-7-3-4-21(29)27-12-17(13-27)28(11-15-5-6-15)19-8-16(10-24-22(19)30)18-9-20(31-2)26-14-25-18/h3-4,8-10,14-15,17,23H,5-7,11-13H2,1-2H3,(H,24,30). The van der Waals surface area contributed by atoms with Gasteiger partial charge < -0.3 is 24.8 Å². The van der Waals surface area contributed by atoms with Crippen molar-refractivity contribution in [3.8, 4) is 17.1 Å². The van der Waals surface area contributed by atoms with Crippen LogP contribution in [0.1, 0.15) is 12.8 Å². The summed E-state index contributed by atoms with van der Waals surface area (Å²) < 4.78 is 5.19. The number of carbonyl (C=O) groups is 1. The van der Waals surface area contributed by atoms with Crippen LogP contribution in [0, 0.1) is 5.92 Å². The third-order valence-electron chi connectivity index (χ3n) is 5.69. The van der Waals surface area contributed by atoms with Crippen LogP contribution < -0.4 is 20.5 Å². The molecule has 0 radical (unpaired) electrons. The number of ether oxygens (including phenoxy) is 1. The molecule has 9 heteroatoms. The summed E-state index contributed by atoms with van der Waals surface area (Å²) in [4.78, 5) is 40.2. The van der Waals surface area contributed by atoms with Crippen LogP contribution in [-0.2, 0) is 4.79 Å². The van der Waals surface area contributed by atoms with Gasteiger partial charge in [0.2, 0.25) is 11.8 Å². The first kappa shape index (κ1) is 21.0. The van der Waals surface area contributed by atoms with E-state index in [1.165, 1.54) is 19.2 Å². The summed E-state index contributed by atoms with van der Waals surface area (Å²) >= 11 is 0. The minimum Gasteiger partial charge on any atom is -0.481 e. The summed E-state index contributed by atoms with van der Waals surface area (Å²) in [7, 11) is 3.40. The summed E-state index contributed by atoms with van der Waals surface area (Å²) in [5.74, 6) is 1.07. The average Bonchev–Trinajstić information content (AvgIpc) is 3.57. The van der Waals surface area contributed by atoms with Crippen LogP contribution in [0.5, 0.6) is 5.88 Å². The second-order valence-corrected chi connectivity index (χ2v) is 8.00. The Labute approximate surface area is 181 Å². The number of aromatic nitrogens is 3. The minimum atomic E-state index is -0.135. The van der Waals surface area contributed by atoms with Gasteiger partial charge in [0.05, 0.1) is 18.8 Å². The average molecular weight is 425 g/mol. The Bertz CT molecular complexity index is 1010. The molecule has 1 aliphatic heterocycles. The van der Waals surface area contributed by atoms with E-state index in [-0.39, 0.29) is 17.5 Å². The molecule has 2 N–H and O–H groups in total. The molecular weight excluding hydrogens is 396 g/mol. The topological polar surface area (TPSA) is 103 Å². The molecule has 3 heterocycles. The molecule has 0 spiro atoms. The molecule has 31 heavy (non-hydrogen) atoms. The van der Waals surface area contributed by atoms with Gasteiger partial charge in [-0.3, -0.25) is 9.59 Å². The number of hydrogen-bond acceptors (Lipinski definition) is 7. The van der Waals surface area contributed by atoms with Crippen molar-refractivity contribution in [3.05, 3.63) is 47.2 Å². The molecular formula is C22H28N6O3. The Morgan fingerprint density at radius 3 is 2.87 bits per heavy atom. The Morgan fingerprint density at radius 1 is 1.35 bits per heavy atom. The van der Waals surface area contributed by atoms with Gasteiger partial charge in [-0.2, -0.15) is 0 Å². The van der Waals surface area contributed by atoms with E-state index < -0.39 is 0 Å². The predicted molar refractivity (Wildman–Crippen MR) is 118 cm³/mol. The molecule has 0 unspecified atom stereocenters. The SMILES string of the molecule is CNCC=CC(=O)N1CC(N(CC2CC2)c2cc(-c3cc(OC)ncn3)c[nH]c2=O)C1. The fourth-order valence-electron chi connectivity index (χ4n) is 3.68. The maximum atomic E-state index is 12.8. The van der Waals surface area contributed by atoms with Crippen LogP contribution >= 0.6 is 0 Å². The first-order chi connectivity index (χ1) is 15.1. The summed E-state index contributed by atoms with van der Waals surface area (Å²) in [5, 5.41) is 2.99. The summed E-state index contributed by atoms with van der Waals surface area (Å²) in [6.45, 7) is 2.70. The normalized spacial score (nSPS) is 16.4. The van der Waals surface area contributed by atoms with Gasteiger partial charge in [0, 0.05) is 50.1 Å². The second-order valence-electron chi connectivity index (χ2n) is 8.00. The van der Waals surface area contributed by atoms with E-state index in [9.17, 15) is 9.59 Å². The Morgan fingerprint density at radius 2 is 2.16 bits per heavy atom. The number of rotatable bonds is 9. The third kappa shape index (κ3) is 4.93. The highest BCUT2D eigenvalue weighted by atomic mass is 16.5. The Balaban J connectivity index is 1.54. The highest BCUT2D eigenvalue weighted by Crippen LogP contribution is 2.33. The van der Waals surface area contributed by atoms with E-state index in [1.807, 2.05) is 24.1 Å². The number of likely N-dealkylation sites (tertiary alicyclic amines) is 1. The van der Waals surface area contributed by atoms with E-state index >= 15 is 0 Å². The lowest BCUT2D eigenvalue weighted by atomic mass is 10.0. The predicted octanol–water partition coefficient (Wildman–Crippen LogP) is 1.04. The van der Waals surface area contributed by atoms with Gasteiger partial charge in [-0.15, -0.1) is 0 Å². The van der Waals surface area contributed by atoms with E-state index in [1.54, 1.807) is 25.4 Å². The van der Waals surface area contributed by atoms with Gasteiger partial charge in [-0.1, -0.05) is 6.08 Å². The summed E-state index contributed by atoms with van der Waals surface area (Å²) in [5.41, 5.74) is 1.95. The van der Waals surface area contributed by atoms with Crippen molar-refractivity contribution in [2.45, 2.75) is 18.9 Å². The quantitative estimate of drug-likeness (QED) is 0.580. The van der Waals surface area contributed by atoms with Gasteiger partial charge in [0.25, 0.3) is 5.56 Å². The lowest BCUT2D eigenvalue weighted by Gasteiger charge is -2.46. The highest BCUT2D eigenvalue weighted by Gasteiger charge is 2.37. The number of nitrogens with zero attached hydrogens (tertiary/aromatic N) is 4. The minimum absolute atomic E-state index is 0.00797. The molecule has 4 rings (SSSR count). The second kappa shape index (κ2) is 9.30. The number of H-pyrrole nitrogens is 1. The van der Waals surface area contributed by atoms with Crippen LogP contribution in [0.3, 0.4) is 0 Å². The molecule has 1 saturated carbocycles. The van der Waals surface area contributed by atoms with Crippen LogP contribution in [0.25, 0.3) is 11.3 Å². The molecule has 1 aliphatic carbocycles. The number of anilines is 1. The smallest absolute Gasteiger partial charge is 0.271 e. The molecule has 0 bridgehead atoms. The number of nitrogens with one attached hydrogen (secondary N) is 2. The number of amides is 1. The molecule has 164 valence electrons. The molecule has 0 aromatic carbocycles. The Hall–Kier alpha value is -3.20. The van der Waals surface area contributed by atoms with E-state index in [2.05, 4.69) is 25.2 Å². The zero-order valence-electron chi connectivity index (χ0n) is 17.9. The molecule has 0 atom stereocenters. The van der Waals surface area contributed by atoms with Gasteiger partial charge in [-0.25, -0.2) is 9.97 Å². The molecule has 1 amide bonds. The number of carbonyl (C=O) groups excluding carboxylic acids is 1. The molecule has 1 saturated heterocycles. The number of hydrogen-bond donors (Lipinski definition) is 2. The van der Waals surface area contributed by atoms with Crippen molar-refractivity contribution in [3.63, 3.8) is 0 Å². The molecule has 2 aliphatic rings. The fraction of sp³-hybridized carbons (Fsp3) is 0.455. The van der Waals surface area contributed by atoms with Gasteiger partial charge in [-0.05, 0) is 31.9 Å². The van der Waals surface area contributed by atoms with Crippen molar-refractivity contribution in [2.75, 3.05) is 45.2 Å². The van der Waals surface area contributed by atoms with Crippen molar-refractivity contribution < 1.29 is 9.53 Å². The molecule has 2 fully saturated rings. The maximum absolute atomic E-state index is 12.8. The van der Waals surface area contributed by atoms with Crippen molar-refractivity contribution in [1.82, 2.24) is 25.2 Å². The largest absolute Gasteiger partial charge is 0.481 e. The number of aromatic amines is 1. The zero-order valence-corrected chi connectivity index (χ0v) is 17.9. The van der Waals surface area contributed by atoms with E-state index in [0.29, 0.717) is 42.8 Å².